The van der Waals surface area contributed by atoms with Crippen LogP contribution in [-0.2, 0) is 0 Å². The molecule has 3 aromatic carbocycles. The number of nitrogens with zero attached hydrogens (tertiary/aromatic N) is 2. The molecule has 0 atom stereocenters. The standard InChI is InChI=1S/C33H40N4/c1-5-35-32-22-21-31(29-11-9-10-12-30(29)32)33(25-13-17-27(18-14-25)36(6-2)7-3)26-15-19-28(20-16-26)37(8-4)24-23-34/h9-22H,5-8,23-24,34H2,1-4H3/p+1. The van der Waals surface area contributed by atoms with E-state index in [1.54, 1.807) is 0 Å². The fraction of sp³-hybridized carbons (Fsp3) is 0.303. The highest BCUT2D eigenvalue weighted by atomic mass is 15.1. The maximum absolute atomic E-state index is 5.86. The highest BCUT2D eigenvalue weighted by molar-refractivity contribution is 6.07. The van der Waals surface area contributed by atoms with E-state index >= 15 is 0 Å². The van der Waals surface area contributed by atoms with Crippen LogP contribution in [0.1, 0.15) is 38.8 Å². The van der Waals surface area contributed by atoms with Gasteiger partial charge < -0.3 is 16.0 Å². The Morgan fingerprint density at radius 2 is 1.49 bits per heavy atom. The highest BCUT2D eigenvalue weighted by Crippen LogP contribution is 2.37. The van der Waals surface area contributed by atoms with Crippen molar-refractivity contribution in [3.8, 4) is 0 Å². The Balaban J connectivity index is 1.91. The predicted molar refractivity (Wildman–Crippen MR) is 162 cm³/mol. The Labute approximate surface area is 222 Å². The molecule has 0 heterocycles. The summed E-state index contributed by atoms with van der Waals surface area (Å²) in [5.41, 5.74) is 14.4. The zero-order valence-electron chi connectivity index (χ0n) is 22.8. The van der Waals surface area contributed by atoms with Crippen LogP contribution in [0, 0.1) is 0 Å². The highest BCUT2D eigenvalue weighted by Gasteiger charge is 2.17. The number of hydrogen-bond donors (Lipinski definition) is 2. The molecule has 0 bridgehead atoms. The predicted octanol–water partition coefficient (Wildman–Crippen LogP) is 6.48. The van der Waals surface area contributed by atoms with Gasteiger partial charge in [-0.05, 0) is 85.7 Å². The van der Waals surface area contributed by atoms with Gasteiger partial charge in [-0.25, -0.2) is 4.58 Å². The molecule has 0 radical (unpaired) electrons. The summed E-state index contributed by atoms with van der Waals surface area (Å²) in [7, 11) is 0. The summed E-state index contributed by atoms with van der Waals surface area (Å²) in [6, 6.07) is 22.3. The first kappa shape index (κ1) is 26.4. The van der Waals surface area contributed by atoms with Crippen molar-refractivity contribution in [2.75, 3.05) is 49.5 Å². The summed E-state index contributed by atoms with van der Waals surface area (Å²) in [4.78, 5) is 2.38. The molecule has 0 aromatic heterocycles. The Morgan fingerprint density at radius 1 is 0.811 bits per heavy atom. The van der Waals surface area contributed by atoms with Gasteiger partial charge in [-0.15, -0.1) is 0 Å². The molecular weight excluding hydrogens is 452 g/mol. The van der Waals surface area contributed by atoms with Crippen molar-refractivity contribution in [2.45, 2.75) is 27.7 Å². The number of hydrogen-bond acceptors (Lipinski definition) is 3. The molecule has 1 aliphatic rings. The molecule has 0 unspecified atom stereocenters. The smallest absolute Gasteiger partial charge is 0.199 e. The van der Waals surface area contributed by atoms with Gasteiger partial charge in [0.05, 0.1) is 6.54 Å². The third kappa shape index (κ3) is 5.70. The van der Waals surface area contributed by atoms with Gasteiger partial charge in [-0.2, -0.15) is 0 Å². The van der Waals surface area contributed by atoms with Crippen LogP contribution >= 0.6 is 0 Å². The summed E-state index contributed by atoms with van der Waals surface area (Å²) in [6.07, 6.45) is 8.98. The zero-order chi connectivity index (χ0) is 26.2. The van der Waals surface area contributed by atoms with E-state index in [-0.39, 0.29) is 0 Å². The molecule has 1 aliphatic carbocycles. The second kappa shape index (κ2) is 12.6. The summed E-state index contributed by atoms with van der Waals surface area (Å²) in [5.74, 6) is 0. The summed E-state index contributed by atoms with van der Waals surface area (Å²) >= 11 is 0. The van der Waals surface area contributed by atoms with Gasteiger partial charge in [0.2, 0.25) is 0 Å². The average Bonchev–Trinajstić information content (AvgIpc) is 2.95. The summed E-state index contributed by atoms with van der Waals surface area (Å²) in [5, 5.41) is 6.04. The SMILES string of the molecule is CCNc1ccc(C(=C2C=CC(=[N+](CC)CCN)C=C2)c2ccc(N(CC)CC)cc2)c2ccccc12. The minimum absolute atomic E-state index is 0.649. The molecule has 0 spiro atoms. The van der Waals surface area contributed by atoms with Crippen LogP contribution in [0.2, 0.25) is 0 Å². The Kier molecular flexibility index (Phi) is 8.97. The Bertz CT molecular complexity index is 1320. The lowest BCUT2D eigenvalue weighted by atomic mass is 9.87. The molecule has 4 rings (SSSR count). The van der Waals surface area contributed by atoms with Crippen molar-refractivity contribution < 1.29 is 4.58 Å². The number of benzene rings is 3. The van der Waals surface area contributed by atoms with E-state index in [2.05, 4.69) is 127 Å². The lowest BCUT2D eigenvalue weighted by Gasteiger charge is -2.22. The zero-order valence-corrected chi connectivity index (χ0v) is 22.8. The lowest BCUT2D eigenvalue weighted by molar-refractivity contribution is -0.520. The number of nitrogens with one attached hydrogen (secondary N) is 1. The van der Waals surface area contributed by atoms with Crippen molar-refractivity contribution in [1.29, 1.82) is 0 Å². The topological polar surface area (TPSA) is 44.3 Å². The van der Waals surface area contributed by atoms with Gasteiger partial charge in [0.1, 0.15) is 6.54 Å². The van der Waals surface area contributed by atoms with Crippen molar-refractivity contribution in [3.05, 3.63) is 102 Å². The molecule has 0 aliphatic heterocycles. The van der Waals surface area contributed by atoms with Crippen LogP contribution in [0.15, 0.2) is 90.5 Å². The Hall–Kier alpha value is -3.63. The van der Waals surface area contributed by atoms with Crippen molar-refractivity contribution in [3.63, 3.8) is 0 Å². The third-order valence-electron chi connectivity index (χ3n) is 7.15. The number of fused-ring (bicyclic) bond motifs is 1. The average molecular weight is 494 g/mol. The molecule has 192 valence electrons. The molecule has 4 heteroatoms. The minimum atomic E-state index is 0.649. The van der Waals surface area contributed by atoms with Crippen LogP contribution in [0.25, 0.3) is 16.3 Å². The second-order valence-electron chi connectivity index (χ2n) is 9.25. The van der Waals surface area contributed by atoms with E-state index in [0.717, 1.165) is 32.7 Å². The Morgan fingerprint density at radius 3 is 2.08 bits per heavy atom. The molecule has 0 saturated carbocycles. The molecule has 3 N–H and O–H groups in total. The van der Waals surface area contributed by atoms with E-state index in [1.807, 2.05) is 0 Å². The third-order valence-corrected chi connectivity index (χ3v) is 7.15. The molecule has 0 amide bonds. The van der Waals surface area contributed by atoms with Crippen LogP contribution in [0.3, 0.4) is 0 Å². The maximum Gasteiger partial charge on any atom is 0.199 e. The molecule has 0 saturated heterocycles. The van der Waals surface area contributed by atoms with E-state index in [9.17, 15) is 0 Å². The largest absolute Gasteiger partial charge is 0.385 e. The number of likely N-dealkylation sites (N-methyl/N-ethyl adjacent to an activating group) is 1. The number of allylic oxidation sites excluding steroid dienone is 5. The monoisotopic (exact) mass is 493 g/mol. The van der Waals surface area contributed by atoms with Crippen LogP contribution in [0.5, 0.6) is 0 Å². The van der Waals surface area contributed by atoms with E-state index < -0.39 is 0 Å². The summed E-state index contributed by atoms with van der Waals surface area (Å²) < 4.78 is 2.32. The lowest BCUT2D eigenvalue weighted by Crippen LogP contribution is -2.25. The quantitative estimate of drug-likeness (QED) is 0.318. The summed E-state index contributed by atoms with van der Waals surface area (Å²) in [6.45, 7) is 14.1. The fourth-order valence-electron chi connectivity index (χ4n) is 5.23. The first-order chi connectivity index (χ1) is 18.1. The molecule has 3 aromatic rings. The van der Waals surface area contributed by atoms with Crippen molar-refractivity contribution >= 4 is 33.4 Å². The van der Waals surface area contributed by atoms with E-state index in [4.69, 9.17) is 5.73 Å². The first-order valence-corrected chi connectivity index (χ1v) is 13.7. The minimum Gasteiger partial charge on any atom is -0.385 e. The van der Waals surface area contributed by atoms with E-state index in [0.29, 0.717) is 6.54 Å². The second-order valence-corrected chi connectivity index (χ2v) is 9.25. The van der Waals surface area contributed by atoms with Crippen molar-refractivity contribution in [2.24, 2.45) is 5.73 Å². The normalized spacial score (nSPS) is 12.8. The first-order valence-electron chi connectivity index (χ1n) is 13.7. The van der Waals surface area contributed by atoms with Crippen LogP contribution in [0.4, 0.5) is 11.4 Å². The van der Waals surface area contributed by atoms with Gasteiger partial charge >= 0.3 is 0 Å². The van der Waals surface area contributed by atoms with Gasteiger partial charge in [-0.3, -0.25) is 0 Å². The van der Waals surface area contributed by atoms with Gasteiger partial charge in [0, 0.05) is 48.5 Å². The van der Waals surface area contributed by atoms with E-state index in [1.165, 1.54) is 50.1 Å². The van der Waals surface area contributed by atoms with Crippen molar-refractivity contribution in [1.82, 2.24) is 0 Å². The molecule has 37 heavy (non-hydrogen) atoms. The van der Waals surface area contributed by atoms with Gasteiger partial charge in [-0.1, -0.05) is 42.5 Å². The fourth-order valence-corrected chi connectivity index (χ4v) is 5.23. The number of nitrogens with two attached hydrogens (primary N) is 1. The maximum atomic E-state index is 5.86. The van der Waals surface area contributed by atoms with Gasteiger partial charge in [0.25, 0.3) is 0 Å². The van der Waals surface area contributed by atoms with Gasteiger partial charge in [0.15, 0.2) is 12.3 Å². The molecule has 0 fully saturated rings. The number of rotatable bonds is 10. The molecular formula is C33H41N4+. The molecule has 4 nitrogen and oxygen atoms in total. The number of anilines is 2. The van der Waals surface area contributed by atoms with Crippen LogP contribution < -0.4 is 16.0 Å². The van der Waals surface area contributed by atoms with Crippen LogP contribution in [-0.4, -0.2) is 49.6 Å².